The quantitative estimate of drug-likeness (QED) is 0.634. The second kappa shape index (κ2) is 6.45. The Balaban J connectivity index is 2.29. The molecule has 0 saturated carbocycles. The Morgan fingerprint density at radius 1 is 1.56 bits per heavy atom. The highest BCUT2D eigenvalue weighted by atomic mass is 32.2. The van der Waals surface area contributed by atoms with E-state index < -0.39 is 10.0 Å². The topological polar surface area (TPSA) is 108 Å². The molecule has 1 aromatic heterocycles. The van der Waals surface area contributed by atoms with E-state index >= 15 is 0 Å². The monoisotopic (exact) mass is 275 g/mol. The van der Waals surface area contributed by atoms with Crippen molar-refractivity contribution in [2.75, 3.05) is 25.9 Å². The van der Waals surface area contributed by atoms with Gasteiger partial charge in [0, 0.05) is 19.6 Å². The molecule has 0 aliphatic rings. The van der Waals surface area contributed by atoms with E-state index in [4.69, 9.17) is 0 Å². The number of sulfonamides is 1. The van der Waals surface area contributed by atoms with Crippen LogP contribution in [0.2, 0.25) is 0 Å². The summed E-state index contributed by atoms with van der Waals surface area (Å²) in [6.07, 6.45) is 2.96. The van der Waals surface area contributed by atoms with Gasteiger partial charge < -0.3 is 5.32 Å². The van der Waals surface area contributed by atoms with Gasteiger partial charge in [-0.1, -0.05) is 6.92 Å². The molecule has 0 unspecified atom stereocenters. The van der Waals surface area contributed by atoms with Gasteiger partial charge in [0.2, 0.25) is 15.8 Å². The van der Waals surface area contributed by atoms with Crippen molar-refractivity contribution in [2.24, 2.45) is 0 Å². The number of amides is 1. The number of carbonyl (C=O) groups excluding carboxylic acids is 1. The van der Waals surface area contributed by atoms with E-state index in [1.54, 1.807) is 6.92 Å². The van der Waals surface area contributed by atoms with Crippen LogP contribution in [0.3, 0.4) is 0 Å². The van der Waals surface area contributed by atoms with Gasteiger partial charge in [0.05, 0.1) is 6.26 Å². The number of nitrogens with zero attached hydrogens (tertiary/aromatic N) is 3. The summed E-state index contributed by atoms with van der Waals surface area (Å²) in [5, 5.41) is 8.63. The molecule has 0 radical (unpaired) electrons. The summed E-state index contributed by atoms with van der Waals surface area (Å²) < 4.78 is 23.9. The number of carbonyl (C=O) groups is 1. The Morgan fingerprint density at radius 3 is 2.78 bits per heavy atom. The second-order valence-corrected chi connectivity index (χ2v) is 5.68. The molecule has 0 saturated heterocycles. The van der Waals surface area contributed by atoms with Gasteiger partial charge in [-0.2, -0.15) is 5.10 Å². The first-order valence-electron chi connectivity index (χ1n) is 5.54. The maximum atomic E-state index is 11.4. The van der Waals surface area contributed by atoms with Gasteiger partial charge in [-0.3, -0.25) is 9.89 Å². The van der Waals surface area contributed by atoms with E-state index in [2.05, 4.69) is 20.5 Å². The highest BCUT2D eigenvalue weighted by molar-refractivity contribution is 7.88. The predicted octanol–water partition coefficient (Wildman–Crippen LogP) is -0.794. The van der Waals surface area contributed by atoms with Crippen LogP contribution in [0.1, 0.15) is 24.0 Å². The normalized spacial score (nSPS) is 11.7. The minimum atomic E-state index is -3.17. The predicted molar refractivity (Wildman–Crippen MR) is 65.4 cm³/mol. The van der Waals surface area contributed by atoms with Crippen molar-refractivity contribution in [3.8, 4) is 0 Å². The Bertz CT molecular complexity index is 470. The lowest BCUT2D eigenvalue weighted by atomic mass is 10.4. The van der Waals surface area contributed by atoms with Gasteiger partial charge >= 0.3 is 0 Å². The zero-order valence-electron chi connectivity index (χ0n) is 10.4. The zero-order chi connectivity index (χ0) is 13.6. The van der Waals surface area contributed by atoms with E-state index in [0.717, 1.165) is 0 Å². The van der Waals surface area contributed by atoms with Crippen molar-refractivity contribution in [1.29, 1.82) is 0 Å². The summed E-state index contributed by atoms with van der Waals surface area (Å²) in [7, 11) is -3.17. The van der Waals surface area contributed by atoms with Gasteiger partial charge in [-0.25, -0.2) is 17.7 Å². The van der Waals surface area contributed by atoms with Gasteiger partial charge in [-0.05, 0) is 6.42 Å². The molecule has 102 valence electrons. The lowest BCUT2D eigenvalue weighted by Crippen LogP contribution is -2.33. The second-order valence-electron chi connectivity index (χ2n) is 3.70. The maximum Gasteiger partial charge on any atom is 0.288 e. The molecular formula is C9H17N5O3S. The van der Waals surface area contributed by atoms with E-state index in [1.807, 2.05) is 0 Å². The van der Waals surface area contributed by atoms with Crippen LogP contribution in [0, 0.1) is 0 Å². The minimum Gasteiger partial charge on any atom is -0.349 e. The zero-order valence-corrected chi connectivity index (χ0v) is 11.2. The number of H-pyrrole nitrogens is 1. The van der Waals surface area contributed by atoms with Crippen molar-refractivity contribution in [3.05, 3.63) is 12.2 Å². The first kappa shape index (κ1) is 14.6. The first-order chi connectivity index (χ1) is 8.45. The average molecular weight is 275 g/mol. The van der Waals surface area contributed by atoms with Gasteiger partial charge in [0.1, 0.15) is 6.33 Å². The third-order valence-electron chi connectivity index (χ3n) is 2.32. The van der Waals surface area contributed by atoms with Crippen LogP contribution in [0.4, 0.5) is 0 Å². The van der Waals surface area contributed by atoms with E-state index in [9.17, 15) is 13.2 Å². The Morgan fingerprint density at radius 2 is 2.28 bits per heavy atom. The highest BCUT2D eigenvalue weighted by Gasteiger charge is 2.13. The summed E-state index contributed by atoms with van der Waals surface area (Å²) >= 11 is 0. The summed E-state index contributed by atoms with van der Waals surface area (Å²) in [6, 6.07) is 0. The van der Waals surface area contributed by atoms with Gasteiger partial charge in [-0.15, -0.1) is 0 Å². The van der Waals surface area contributed by atoms with E-state index in [1.165, 1.54) is 16.9 Å². The van der Waals surface area contributed by atoms with Crippen molar-refractivity contribution in [3.63, 3.8) is 0 Å². The fourth-order valence-corrected chi connectivity index (χ4v) is 2.34. The molecular weight excluding hydrogens is 258 g/mol. The lowest BCUT2D eigenvalue weighted by molar-refractivity contribution is 0.0943. The Kier molecular flexibility index (Phi) is 5.23. The molecule has 0 bridgehead atoms. The Hall–Kier alpha value is -1.48. The number of hydrogen-bond donors (Lipinski definition) is 2. The van der Waals surface area contributed by atoms with Crippen LogP contribution in [0.15, 0.2) is 6.33 Å². The summed E-state index contributed by atoms with van der Waals surface area (Å²) in [4.78, 5) is 15.1. The summed E-state index contributed by atoms with van der Waals surface area (Å²) in [5.74, 6) is -0.208. The largest absolute Gasteiger partial charge is 0.349 e. The van der Waals surface area contributed by atoms with Crippen molar-refractivity contribution in [2.45, 2.75) is 13.3 Å². The van der Waals surface area contributed by atoms with Gasteiger partial charge in [0.15, 0.2) is 0 Å². The fraction of sp³-hybridized carbons (Fsp3) is 0.667. The highest BCUT2D eigenvalue weighted by Crippen LogP contribution is 1.98. The van der Waals surface area contributed by atoms with Crippen LogP contribution >= 0.6 is 0 Å². The molecule has 0 atom stereocenters. The summed E-state index contributed by atoms with van der Waals surface area (Å²) in [6.45, 7) is 2.96. The van der Waals surface area contributed by atoms with Crippen LogP contribution < -0.4 is 5.32 Å². The smallest absolute Gasteiger partial charge is 0.288 e. The molecule has 0 aliphatic carbocycles. The molecule has 1 aromatic rings. The van der Waals surface area contributed by atoms with Crippen molar-refractivity contribution >= 4 is 15.9 Å². The summed E-state index contributed by atoms with van der Waals surface area (Å²) in [5.41, 5.74) is 0. The molecule has 1 amide bonds. The maximum absolute atomic E-state index is 11.4. The minimum absolute atomic E-state index is 0.144. The number of aromatic nitrogens is 3. The van der Waals surface area contributed by atoms with Crippen molar-refractivity contribution < 1.29 is 13.2 Å². The number of rotatable bonds is 7. The molecule has 0 spiro atoms. The molecule has 0 aliphatic heterocycles. The number of hydrogen-bond acceptors (Lipinski definition) is 5. The van der Waals surface area contributed by atoms with Crippen LogP contribution in [0.5, 0.6) is 0 Å². The molecule has 8 nitrogen and oxygen atoms in total. The Labute approximate surface area is 106 Å². The third-order valence-corrected chi connectivity index (χ3v) is 3.70. The average Bonchev–Trinajstić information content (AvgIpc) is 2.80. The van der Waals surface area contributed by atoms with Crippen LogP contribution in [0.25, 0.3) is 0 Å². The molecule has 0 fully saturated rings. The fourth-order valence-electron chi connectivity index (χ4n) is 1.41. The van der Waals surface area contributed by atoms with Crippen LogP contribution in [-0.4, -0.2) is 59.7 Å². The number of aromatic amines is 1. The van der Waals surface area contributed by atoms with Crippen molar-refractivity contribution in [1.82, 2.24) is 24.8 Å². The van der Waals surface area contributed by atoms with Crippen LogP contribution in [-0.2, 0) is 10.0 Å². The molecule has 0 aromatic carbocycles. The van der Waals surface area contributed by atoms with E-state index in [-0.39, 0.29) is 11.7 Å². The standard InChI is InChI=1S/C9H17N5O3S/c1-3-14(18(2,16)17)6-4-5-10-9(15)8-11-7-12-13-8/h7H,3-6H2,1-2H3,(H,10,15)(H,11,12,13). The third kappa shape index (κ3) is 4.41. The lowest BCUT2D eigenvalue weighted by Gasteiger charge is -2.17. The molecule has 9 heteroatoms. The molecule has 18 heavy (non-hydrogen) atoms. The molecule has 1 heterocycles. The first-order valence-corrected chi connectivity index (χ1v) is 7.38. The number of nitrogens with one attached hydrogen (secondary N) is 2. The SMILES string of the molecule is CCN(CCCNC(=O)c1ncn[nH]1)S(C)(=O)=O. The van der Waals surface area contributed by atoms with Gasteiger partial charge in [0.25, 0.3) is 5.91 Å². The van der Waals surface area contributed by atoms with E-state index in [0.29, 0.717) is 26.1 Å². The molecule has 2 N–H and O–H groups in total. The molecule has 1 rings (SSSR count).